The second-order valence-electron chi connectivity index (χ2n) is 6.76. The van der Waals surface area contributed by atoms with E-state index >= 15 is 0 Å². The number of rotatable bonds is 7. The fourth-order valence-corrected chi connectivity index (χ4v) is 4.08. The molecule has 146 valence electrons. The molecule has 6 nitrogen and oxygen atoms in total. The Labute approximate surface area is 168 Å². The molecule has 4 rings (SSSR count). The van der Waals surface area contributed by atoms with Crippen molar-refractivity contribution >= 4 is 23.2 Å². The maximum absolute atomic E-state index is 12.4. The highest BCUT2D eigenvalue weighted by Crippen LogP contribution is 2.18. The van der Waals surface area contributed by atoms with Crippen LogP contribution in [0.15, 0.2) is 60.0 Å². The number of aromatic nitrogens is 2. The normalized spacial score (nSPS) is 15.0. The molecule has 1 fully saturated rings. The van der Waals surface area contributed by atoms with Gasteiger partial charge in [0, 0.05) is 32.4 Å². The molecule has 1 aliphatic rings. The summed E-state index contributed by atoms with van der Waals surface area (Å²) >= 11 is 1.45. The van der Waals surface area contributed by atoms with Crippen molar-refractivity contribution in [3.05, 3.63) is 66.0 Å². The molecule has 0 bridgehead atoms. The molecule has 2 aromatic heterocycles. The summed E-state index contributed by atoms with van der Waals surface area (Å²) in [6.45, 7) is 4.93. The topological polar surface area (TPSA) is 58.9 Å². The zero-order chi connectivity index (χ0) is 19.2. The Morgan fingerprint density at radius 1 is 1.11 bits per heavy atom. The van der Waals surface area contributed by atoms with Gasteiger partial charge in [-0.2, -0.15) is 0 Å². The van der Waals surface area contributed by atoms with E-state index in [0.29, 0.717) is 12.3 Å². The van der Waals surface area contributed by atoms with E-state index in [4.69, 9.17) is 4.74 Å². The minimum Gasteiger partial charge on any atom is -0.379 e. The van der Waals surface area contributed by atoms with Gasteiger partial charge < -0.3 is 10.1 Å². The number of imidazole rings is 1. The Kier molecular flexibility index (Phi) is 6.26. The average molecular weight is 397 g/mol. The van der Waals surface area contributed by atoms with Crippen molar-refractivity contribution in [1.29, 1.82) is 0 Å². The Balaban J connectivity index is 1.31. The Morgan fingerprint density at radius 3 is 2.75 bits per heavy atom. The van der Waals surface area contributed by atoms with E-state index in [1.54, 1.807) is 0 Å². The van der Waals surface area contributed by atoms with Crippen LogP contribution >= 0.6 is 11.8 Å². The van der Waals surface area contributed by atoms with Crippen LogP contribution in [0, 0.1) is 0 Å². The lowest BCUT2D eigenvalue weighted by atomic mass is 10.1. The second kappa shape index (κ2) is 9.23. The lowest BCUT2D eigenvalue weighted by Gasteiger charge is -2.27. The minimum absolute atomic E-state index is 0.0128. The zero-order valence-corrected chi connectivity index (χ0v) is 16.5. The van der Waals surface area contributed by atoms with Crippen molar-refractivity contribution in [3.63, 3.8) is 0 Å². The van der Waals surface area contributed by atoms with Gasteiger partial charge in [-0.15, -0.1) is 0 Å². The highest BCUT2D eigenvalue weighted by molar-refractivity contribution is 7.99. The van der Waals surface area contributed by atoms with Gasteiger partial charge in [-0.05, 0) is 23.3 Å². The number of hydrogen-bond donors (Lipinski definition) is 1. The van der Waals surface area contributed by atoms with Crippen molar-refractivity contribution < 1.29 is 9.53 Å². The molecule has 1 amide bonds. The van der Waals surface area contributed by atoms with Gasteiger partial charge in [-0.1, -0.05) is 42.1 Å². The first kappa shape index (κ1) is 19.0. The van der Waals surface area contributed by atoms with Crippen LogP contribution in [-0.4, -0.2) is 52.2 Å². The van der Waals surface area contributed by atoms with E-state index in [9.17, 15) is 4.79 Å². The molecule has 3 heterocycles. The first-order valence-corrected chi connectivity index (χ1v) is 10.5. The van der Waals surface area contributed by atoms with Crippen molar-refractivity contribution in [2.75, 3.05) is 32.1 Å². The van der Waals surface area contributed by atoms with Crippen molar-refractivity contribution in [1.82, 2.24) is 19.6 Å². The molecule has 0 aliphatic carbocycles. The first-order valence-electron chi connectivity index (χ1n) is 9.48. The third-order valence-electron chi connectivity index (χ3n) is 4.83. The number of fused-ring (bicyclic) bond motifs is 1. The average Bonchev–Trinajstić information content (AvgIpc) is 3.15. The number of morpholine rings is 1. The van der Waals surface area contributed by atoms with E-state index in [2.05, 4.69) is 33.4 Å². The van der Waals surface area contributed by atoms with Crippen LogP contribution in [0.1, 0.15) is 11.1 Å². The van der Waals surface area contributed by atoms with Crippen LogP contribution in [0.4, 0.5) is 0 Å². The number of nitrogens with one attached hydrogen (secondary N) is 1. The van der Waals surface area contributed by atoms with Gasteiger partial charge in [0.05, 0.1) is 30.7 Å². The first-order chi connectivity index (χ1) is 13.8. The lowest BCUT2D eigenvalue weighted by molar-refractivity contribution is -0.118. The third-order valence-corrected chi connectivity index (χ3v) is 5.80. The van der Waals surface area contributed by atoms with Crippen LogP contribution in [0.2, 0.25) is 0 Å². The monoisotopic (exact) mass is 396 g/mol. The van der Waals surface area contributed by atoms with E-state index < -0.39 is 0 Å². The van der Waals surface area contributed by atoms with Gasteiger partial charge in [0.15, 0.2) is 5.16 Å². The largest absolute Gasteiger partial charge is 0.379 e. The van der Waals surface area contributed by atoms with Gasteiger partial charge in [0.25, 0.3) is 0 Å². The smallest absolute Gasteiger partial charge is 0.230 e. The predicted octanol–water partition coefficient (Wildman–Crippen LogP) is 2.58. The summed E-state index contributed by atoms with van der Waals surface area (Å²) < 4.78 is 7.42. The number of nitrogens with zero attached hydrogens (tertiary/aromatic N) is 3. The van der Waals surface area contributed by atoms with Crippen molar-refractivity contribution in [3.8, 4) is 0 Å². The van der Waals surface area contributed by atoms with Crippen molar-refractivity contribution in [2.45, 2.75) is 18.2 Å². The number of pyridine rings is 1. The predicted molar refractivity (Wildman–Crippen MR) is 110 cm³/mol. The van der Waals surface area contributed by atoms with E-state index in [0.717, 1.165) is 43.5 Å². The highest BCUT2D eigenvalue weighted by atomic mass is 32.2. The van der Waals surface area contributed by atoms with Crippen LogP contribution < -0.4 is 5.32 Å². The van der Waals surface area contributed by atoms with Gasteiger partial charge >= 0.3 is 0 Å². The second-order valence-corrected chi connectivity index (χ2v) is 7.70. The summed E-state index contributed by atoms with van der Waals surface area (Å²) in [6, 6.07) is 14.3. The molecule has 0 spiro atoms. The number of amides is 1. The Bertz CT molecular complexity index is 937. The lowest BCUT2D eigenvalue weighted by Crippen LogP contribution is -2.36. The quantitative estimate of drug-likeness (QED) is 0.622. The third kappa shape index (κ3) is 4.73. The van der Waals surface area contributed by atoms with Gasteiger partial charge in [-0.3, -0.25) is 14.1 Å². The molecule has 0 atom stereocenters. The number of benzene rings is 1. The number of hydrogen-bond acceptors (Lipinski definition) is 5. The molecule has 3 aromatic rings. The fourth-order valence-electron chi connectivity index (χ4n) is 3.29. The highest BCUT2D eigenvalue weighted by Gasteiger charge is 2.13. The van der Waals surface area contributed by atoms with Gasteiger partial charge in [-0.25, -0.2) is 4.98 Å². The summed E-state index contributed by atoms with van der Waals surface area (Å²) in [6.07, 6.45) is 3.78. The van der Waals surface area contributed by atoms with Gasteiger partial charge in [0.1, 0.15) is 0 Å². The van der Waals surface area contributed by atoms with Crippen LogP contribution in [0.5, 0.6) is 0 Å². The van der Waals surface area contributed by atoms with E-state index in [1.807, 2.05) is 41.1 Å². The summed E-state index contributed by atoms with van der Waals surface area (Å²) in [5.74, 6) is 0.360. The van der Waals surface area contributed by atoms with Crippen LogP contribution in [-0.2, 0) is 22.6 Å². The molecule has 1 aliphatic heterocycles. The number of thioether (sulfide) groups is 1. The van der Waals surface area contributed by atoms with E-state index in [-0.39, 0.29) is 5.91 Å². The molecule has 0 saturated carbocycles. The minimum atomic E-state index is 0.0128. The maximum Gasteiger partial charge on any atom is 0.230 e. The molecule has 1 N–H and O–H groups in total. The summed E-state index contributed by atoms with van der Waals surface area (Å²) in [5, 5.41) is 3.88. The molecule has 7 heteroatoms. The van der Waals surface area contributed by atoms with Crippen LogP contribution in [0.3, 0.4) is 0 Å². The molecule has 0 unspecified atom stereocenters. The standard InChI is InChI=1S/C21H24N4O2S/c26-20(16-28-21-23-14-19-7-3-4-8-25(19)21)22-13-17-5-1-2-6-18(17)15-24-9-11-27-12-10-24/h1-8,14H,9-13,15-16H2,(H,22,26). The zero-order valence-electron chi connectivity index (χ0n) is 15.7. The molecular formula is C21H24N4O2S. The molecule has 28 heavy (non-hydrogen) atoms. The fraction of sp³-hybridized carbons (Fsp3) is 0.333. The SMILES string of the molecule is O=C(CSc1ncc2ccccn12)NCc1ccccc1CN1CCOCC1. The molecule has 0 radical (unpaired) electrons. The van der Waals surface area contributed by atoms with Gasteiger partial charge in [0.2, 0.25) is 5.91 Å². The molecular weight excluding hydrogens is 372 g/mol. The Hall–Kier alpha value is -2.35. The van der Waals surface area contributed by atoms with E-state index in [1.165, 1.54) is 22.9 Å². The Morgan fingerprint density at radius 2 is 1.89 bits per heavy atom. The summed E-state index contributed by atoms with van der Waals surface area (Å²) in [4.78, 5) is 19.1. The molecule has 1 saturated heterocycles. The number of carbonyl (C=O) groups excluding carboxylic acids is 1. The number of carbonyl (C=O) groups is 1. The summed E-state index contributed by atoms with van der Waals surface area (Å²) in [7, 11) is 0. The maximum atomic E-state index is 12.4. The summed E-state index contributed by atoms with van der Waals surface area (Å²) in [5.41, 5.74) is 3.46. The van der Waals surface area contributed by atoms with Crippen molar-refractivity contribution in [2.24, 2.45) is 0 Å². The number of ether oxygens (including phenoxy) is 1. The molecule has 1 aromatic carbocycles. The van der Waals surface area contributed by atoms with Crippen LogP contribution in [0.25, 0.3) is 5.52 Å².